The van der Waals surface area contributed by atoms with Gasteiger partial charge in [-0.2, -0.15) is 0 Å². The normalized spacial score (nSPS) is 18.9. The maximum absolute atomic E-state index is 12.4. The highest BCUT2D eigenvalue weighted by atomic mass is 35.6. The van der Waals surface area contributed by atoms with Gasteiger partial charge in [-0.05, 0) is 48.2 Å². The summed E-state index contributed by atoms with van der Waals surface area (Å²) in [6.07, 6.45) is 0. The lowest BCUT2D eigenvalue weighted by atomic mass is 10.3. The van der Waals surface area contributed by atoms with Crippen LogP contribution in [0.1, 0.15) is 0 Å². The summed E-state index contributed by atoms with van der Waals surface area (Å²) < 4.78 is 9.08. The maximum atomic E-state index is 12.4. The van der Waals surface area contributed by atoms with Crippen LogP contribution in [0.5, 0.6) is 11.5 Å². The predicted octanol–water partition coefficient (Wildman–Crippen LogP) is 6.29. The van der Waals surface area contributed by atoms with Crippen LogP contribution < -0.4 is 14.8 Å². The van der Waals surface area contributed by atoms with E-state index >= 15 is 0 Å². The van der Waals surface area contributed by atoms with Gasteiger partial charge in [0.15, 0.2) is 11.5 Å². The lowest BCUT2D eigenvalue weighted by molar-refractivity contribution is -0.0911. The molecular weight excluding hydrogens is 452 g/mol. The number of thioether (sulfide) groups is 1. The molecule has 2 aromatic rings. The van der Waals surface area contributed by atoms with Crippen molar-refractivity contribution >= 4 is 75.0 Å². The Hall–Kier alpha value is -0.690. The molecular formula is C15H8Cl5NO3S. The first-order valence-corrected chi connectivity index (χ1v) is 9.39. The third kappa shape index (κ3) is 4.18. The van der Waals surface area contributed by atoms with E-state index in [0.29, 0.717) is 14.9 Å². The average Bonchev–Trinajstić information content (AvgIpc) is 2.87. The number of hydrogen-bond donors (Lipinski definition) is 1. The van der Waals surface area contributed by atoms with E-state index < -0.39 is 14.9 Å². The number of rotatable bonds is 2. The summed E-state index contributed by atoms with van der Waals surface area (Å²) in [6.45, 7) is 0. The van der Waals surface area contributed by atoms with Crippen LogP contribution in [0.2, 0.25) is 10.0 Å². The molecule has 1 unspecified atom stereocenters. The molecule has 25 heavy (non-hydrogen) atoms. The molecule has 1 heterocycles. The number of fused-ring (bicyclic) bond motifs is 1. The quantitative estimate of drug-likeness (QED) is 0.423. The van der Waals surface area contributed by atoms with Crippen LogP contribution in [0.15, 0.2) is 47.4 Å². The van der Waals surface area contributed by atoms with Crippen LogP contribution in [0.25, 0.3) is 0 Å². The molecule has 0 bridgehead atoms. The predicted molar refractivity (Wildman–Crippen MR) is 102 cm³/mol. The van der Waals surface area contributed by atoms with Crippen molar-refractivity contribution in [2.45, 2.75) is 14.6 Å². The van der Waals surface area contributed by atoms with Gasteiger partial charge in [0, 0.05) is 21.0 Å². The number of carbonyl (C=O) groups excluding carboxylic acids is 1. The largest absolute Gasteiger partial charge is 0.428 e. The number of ether oxygens (including phenoxy) is 2. The zero-order chi connectivity index (χ0) is 18.2. The van der Waals surface area contributed by atoms with Gasteiger partial charge in [-0.15, -0.1) is 0 Å². The Morgan fingerprint density at radius 2 is 1.56 bits per heavy atom. The summed E-state index contributed by atoms with van der Waals surface area (Å²) >= 11 is 30.6. The summed E-state index contributed by atoms with van der Waals surface area (Å²) in [7, 11) is 0. The number of hydrogen-bond acceptors (Lipinski definition) is 4. The molecule has 132 valence electrons. The molecule has 1 aliphatic rings. The van der Waals surface area contributed by atoms with Crippen molar-refractivity contribution in [3.63, 3.8) is 0 Å². The maximum Gasteiger partial charge on any atom is 0.388 e. The fourth-order valence-electron chi connectivity index (χ4n) is 1.98. The molecule has 0 aromatic heterocycles. The van der Waals surface area contributed by atoms with Crippen LogP contribution in [-0.4, -0.2) is 14.9 Å². The van der Waals surface area contributed by atoms with E-state index in [2.05, 4.69) is 5.32 Å². The van der Waals surface area contributed by atoms with E-state index in [-0.39, 0.29) is 11.5 Å². The van der Waals surface area contributed by atoms with Gasteiger partial charge in [0.05, 0.1) is 0 Å². The van der Waals surface area contributed by atoms with Gasteiger partial charge in [-0.3, -0.25) is 10.1 Å². The molecule has 0 radical (unpaired) electrons. The number of halogens is 5. The monoisotopic (exact) mass is 457 g/mol. The third-order valence-corrected chi connectivity index (χ3v) is 5.11. The molecule has 0 fully saturated rings. The lowest BCUT2D eigenvalue weighted by Crippen LogP contribution is -2.62. The molecule has 1 aliphatic heterocycles. The van der Waals surface area contributed by atoms with Gasteiger partial charge in [-0.1, -0.05) is 58.0 Å². The van der Waals surface area contributed by atoms with Crippen LogP contribution in [0, 0.1) is 0 Å². The van der Waals surface area contributed by atoms with Crippen molar-refractivity contribution in [3.8, 4) is 11.5 Å². The summed E-state index contributed by atoms with van der Waals surface area (Å²) in [4.78, 5) is 13.0. The zero-order valence-corrected chi connectivity index (χ0v) is 16.7. The van der Waals surface area contributed by atoms with Gasteiger partial charge in [0.25, 0.3) is 9.03 Å². The average molecular weight is 460 g/mol. The van der Waals surface area contributed by atoms with Crippen molar-refractivity contribution in [2.24, 2.45) is 0 Å². The van der Waals surface area contributed by atoms with Gasteiger partial charge < -0.3 is 9.47 Å². The van der Waals surface area contributed by atoms with Crippen LogP contribution in [0.3, 0.4) is 0 Å². The number of alkyl halides is 3. The van der Waals surface area contributed by atoms with Crippen molar-refractivity contribution in [3.05, 3.63) is 52.5 Å². The molecule has 1 N–H and O–H groups in total. The van der Waals surface area contributed by atoms with Crippen LogP contribution in [0.4, 0.5) is 4.79 Å². The van der Waals surface area contributed by atoms with E-state index in [9.17, 15) is 4.79 Å². The first-order chi connectivity index (χ1) is 11.7. The highest BCUT2D eigenvalue weighted by molar-refractivity contribution is 8.13. The molecule has 1 atom stereocenters. The van der Waals surface area contributed by atoms with E-state index in [1.165, 1.54) is 6.07 Å². The number of amides is 1. The van der Waals surface area contributed by atoms with Crippen molar-refractivity contribution in [1.29, 1.82) is 0 Å². The number of nitrogens with one attached hydrogen (secondary N) is 1. The topological polar surface area (TPSA) is 47.6 Å². The zero-order valence-electron chi connectivity index (χ0n) is 12.1. The van der Waals surface area contributed by atoms with Crippen LogP contribution in [-0.2, 0) is 0 Å². The molecule has 0 saturated heterocycles. The standard InChI is InChI=1S/C15H8Cl5NO3S/c16-8-1-4-10(5-2-8)25-13(22)21-15(14(18,19)20)23-11-6-3-9(17)7-12(11)24-15/h1-7H,(H,21,22). The van der Waals surface area contributed by atoms with Crippen LogP contribution >= 0.6 is 69.8 Å². The van der Waals surface area contributed by atoms with Crippen molar-refractivity contribution < 1.29 is 14.3 Å². The van der Waals surface area contributed by atoms with E-state index in [1.807, 2.05) is 0 Å². The molecule has 4 nitrogen and oxygen atoms in total. The Morgan fingerprint density at radius 3 is 2.20 bits per heavy atom. The smallest absolute Gasteiger partial charge is 0.388 e. The Bertz CT molecular complexity index is 812. The third-order valence-electron chi connectivity index (χ3n) is 3.08. The van der Waals surface area contributed by atoms with Gasteiger partial charge in [0.1, 0.15) is 0 Å². The van der Waals surface area contributed by atoms with Gasteiger partial charge >= 0.3 is 5.91 Å². The Kier molecular flexibility index (Phi) is 5.45. The molecule has 2 aromatic carbocycles. The minimum atomic E-state index is -2.12. The number of benzene rings is 2. The van der Waals surface area contributed by atoms with Gasteiger partial charge in [0.2, 0.25) is 0 Å². The molecule has 0 aliphatic carbocycles. The Morgan fingerprint density at radius 1 is 0.960 bits per heavy atom. The summed E-state index contributed by atoms with van der Waals surface area (Å²) in [6, 6.07) is 11.3. The molecule has 10 heteroatoms. The molecule has 1 amide bonds. The second-order valence-electron chi connectivity index (χ2n) is 4.88. The number of carbonyl (C=O) groups is 1. The summed E-state index contributed by atoms with van der Waals surface area (Å²) in [5, 5.41) is 2.88. The second-order valence-corrected chi connectivity index (χ2v) is 9.08. The fourth-order valence-corrected chi connectivity index (χ4v) is 3.32. The Balaban J connectivity index is 1.81. The van der Waals surface area contributed by atoms with Gasteiger partial charge in [-0.25, -0.2) is 0 Å². The van der Waals surface area contributed by atoms with E-state index in [4.69, 9.17) is 67.5 Å². The molecule has 0 spiro atoms. The second kappa shape index (κ2) is 7.14. The fraction of sp³-hybridized carbons (Fsp3) is 0.133. The first-order valence-electron chi connectivity index (χ1n) is 6.68. The summed E-state index contributed by atoms with van der Waals surface area (Å²) in [5.41, 5.74) is 0. The SMILES string of the molecule is O=C(NC1(C(Cl)(Cl)Cl)Oc2ccc(Cl)cc2O1)Sc1ccc(Cl)cc1. The molecule has 0 saturated carbocycles. The highest BCUT2D eigenvalue weighted by Crippen LogP contribution is 2.49. The lowest BCUT2D eigenvalue weighted by Gasteiger charge is -2.33. The minimum Gasteiger partial charge on any atom is -0.428 e. The van der Waals surface area contributed by atoms with E-state index in [0.717, 1.165) is 11.8 Å². The Labute approximate surface area is 172 Å². The molecule has 3 rings (SSSR count). The van der Waals surface area contributed by atoms with Crippen molar-refractivity contribution in [1.82, 2.24) is 5.32 Å². The minimum absolute atomic E-state index is 0.246. The summed E-state index contributed by atoms with van der Waals surface area (Å²) in [5.74, 6) is -1.50. The van der Waals surface area contributed by atoms with E-state index in [1.54, 1.807) is 36.4 Å². The first kappa shape index (κ1) is 19.1. The van der Waals surface area contributed by atoms with Crippen molar-refractivity contribution in [2.75, 3.05) is 0 Å². The highest BCUT2D eigenvalue weighted by Gasteiger charge is 2.59.